The first-order valence-corrected chi connectivity index (χ1v) is 7.79. The van der Waals surface area contributed by atoms with Crippen LogP contribution in [0.1, 0.15) is 66.6 Å². The fourth-order valence-corrected chi connectivity index (χ4v) is 3.35. The van der Waals surface area contributed by atoms with Crippen molar-refractivity contribution in [1.29, 1.82) is 0 Å². The lowest BCUT2D eigenvalue weighted by Crippen LogP contribution is -2.23. The van der Waals surface area contributed by atoms with Gasteiger partial charge >= 0.3 is 0 Å². The van der Waals surface area contributed by atoms with Crippen molar-refractivity contribution in [3.8, 4) is 0 Å². The molecule has 2 aromatic rings. The fourth-order valence-electron chi connectivity index (χ4n) is 3.35. The SMILES string of the molecule is C[C@H]1C[C@@H](c2ccccc2)n2nc(C(=O)C3CCC3)nc21. The highest BCUT2D eigenvalue weighted by molar-refractivity contribution is 5.94. The summed E-state index contributed by atoms with van der Waals surface area (Å²) in [4.78, 5) is 16.9. The van der Waals surface area contributed by atoms with Gasteiger partial charge in [-0.25, -0.2) is 9.67 Å². The van der Waals surface area contributed by atoms with Gasteiger partial charge in [-0.15, -0.1) is 5.10 Å². The summed E-state index contributed by atoms with van der Waals surface area (Å²) in [5.74, 6) is 2.06. The Morgan fingerprint density at radius 3 is 2.67 bits per heavy atom. The lowest BCUT2D eigenvalue weighted by molar-refractivity contribution is 0.0843. The minimum absolute atomic E-state index is 0.141. The molecule has 1 aliphatic carbocycles. The zero-order valence-corrected chi connectivity index (χ0v) is 12.2. The first kappa shape index (κ1) is 12.7. The number of benzene rings is 1. The minimum Gasteiger partial charge on any atom is -0.290 e. The second-order valence-corrected chi connectivity index (χ2v) is 6.29. The lowest BCUT2D eigenvalue weighted by Gasteiger charge is -2.22. The van der Waals surface area contributed by atoms with E-state index in [9.17, 15) is 4.79 Å². The molecule has 1 saturated carbocycles. The Morgan fingerprint density at radius 1 is 1.24 bits per heavy atom. The molecule has 1 aliphatic heterocycles. The maximum atomic E-state index is 12.3. The minimum atomic E-state index is 0.141. The molecule has 108 valence electrons. The van der Waals surface area contributed by atoms with Gasteiger partial charge in [-0.2, -0.15) is 0 Å². The summed E-state index contributed by atoms with van der Waals surface area (Å²) in [6.45, 7) is 2.17. The van der Waals surface area contributed by atoms with Gasteiger partial charge in [0.15, 0.2) is 0 Å². The standard InChI is InChI=1S/C17H19N3O/c1-11-10-14(12-6-3-2-4-7-12)20-17(11)18-16(19-20)15(21)13-8-5-9-13/h2-4,6-7,11,13-14H,5,8-10H2,1H3/t11-,14-/m0/s1. The van der Waals surface area contributed by atoms with Crippen LogP contribution in [0, 0.1) is 5.92 Å². The lowest BCUT2D eigenvalue weighted by atomic mass is 9.82. The smallest absolute Gasteiger partial charge is 0.217 e. The first-order chi connectivity index (χ1) is 10.2. The van der Waals surface area contributed by atoms with Gasteiger partial charge in [0.05, 0.1) is 6.04 Å². The highest BCUT2D eigenvalue weighted by atomic mass is 16.1. The van der Waals surface area contributed by atoms with E-state index in [4.69, 9.17) is 0 Å². The second kappa shape index (κ2) is 4.79. The van der Waals surface area contributed by atoms with E-state index >= 15 is 0 Å². The molecule has 0 unspecified atom stereocenters. The van der Waals surface area contributed by atoms with Gasteiger partial charge in [-0.05, 0) is 24.8 Å². The molecule has 1 aromatic carbocycles. The third kappa shape index (κ3) is 2.01. The molecule has 21 heavy (non-hydrogen) atoms. The summed E-state index contributed by atoms with van der Waals surface area (Å²) < 4.78 is 1.98. The number of carbonyl (C=O) groups is 1. The Hall–Kier alpha value is -1.97. The van der Waals surface area contributed by atoms with Crippen molar-refractivity contribution < 1.29 is 4.79 Å². The third-order valence-corrected chi connectivity index (χ3v) is 4.85. The van der Waals surface area contributed by atoms with E-state index < -0.39 is 0 Å². The Labute approximate surface area is 124 Å². The van der Waals surface area contributed by atoms with E-state index in [1.54, 1.807) is 0 Å². The predicted molar refractivity (Wildman–Crippen MR) is 79.3 cm³/mol. The summed E-state index contributed by atoms with van der Waals surface area (Å²) in [7, 11) is 0. The molecule has 2 aliphatic rings. The van der Waals surface area contributed by atoms with Crippen molar-refractivity contribution >= 4 is 5.78 Å². The average molecular weight is 281 g/mol. The molecule has 0 saturated heterocycles. The second-order valence-electron chi connectivity index (χ2n) is 6.29. The molecule has 4 heteroatoms. The Morgan fingerprint density at radius 2 is 2.00 bits per heavy atom. The van der Waals surface area contributed by atoms with Gasteiger partial charge in [-0.3, -0.25) is 4.79 Å². The third-order valence-electron chi connectivity index (χ3n) is 4.85. The van der Waals surface area contributed by atoms with Crippen LogP contribution in [0.15, 0.2) is 30.3 Å². The summed E-state index contributed by atoms with van der Waals surface area (Å²) in [5.41, 5.74) is 1.25. The molecular weight excluding hydrogens is 262 g/mol. The highest BCUT2D eigenvalue weighted by Crippen LogP contribution is 2.38. The molecule has 1 fully saturated rings. The summed E-state index contributed by atoms with van der Waals surface area (Å²) in [6.07, 6.45) is 4.17. The monoisotopic (exact) mass is 281 g/mol. The number of nitrogens with zero attached hydrogens (tertiary/aromatic N) is 3. The summed E-state index contributed by atoms with van der Waals surface area (Å²) >= 11 is 0. The molecule has 0 bridgehead atoms. The van der Waals surface area contributed by atoms with Gasteiger partial charge in [0, 0.05) is 11.8 Å². The van der Waals surface area contributed by atoms with Gasteiger partial charge < -0.3 is 0 Å². The van der Waals surface area contributed by atoms with Gasteiger partial charge in [-0.1, -0.05) is 43.7 Å². The molecule has 0 radical (unpaired) electrons. The number of rotatable bonds is 3. The van der Waals surface area contributed by atoms with Crippen molar-refractivity contribution in [2.45, 2.75) is 44.6 Å². The average Bonchev–Trinajstić information content (AvgIpc) is 2.99. The number of hydrogen-bond acceptors (Lipinski definition) is 3. The van der Waals surface area contributed by atoms with Crippen LogP contribution in [-0.4, -0.2) is 20.5 Å². The molecule has 1 aromatic heterocycles. The number of Topliss-reactive ketones (excluding diaryl/α,β-unsaturated/α-hetero) is 1. The van der Waals surface area contributed by atoms with Crippen LogP contribution in [0.3, 0.4) is 0 Å². The number of ketones is 1. The Bertz CT molecular complexity index is 673. The Kier molecular flexibility index (Phi) is 2.91. The molecule has 0 spiro atoms. The zero-order valence-electron chi connectivity index (χ0n) is 12.2. The van der Waals surface area contributed by atoms with Crippen molar-refractivity contribution in [2.24, 2.45) is 5.92 Å². The number of hydrogen-bond donors (Lipinski definition) is 0. The van der Waals surface area contributed by atoms with Crippen LogP contribution in [0.4, 0.5) is 0 Å². The van der Waals surface area contributed by atoms with Crippen LogP contribution < -0.4 is 0 Å². The van der Waals surface area contributed by atoms with E-state index in [0.29, 0.717) is 11.7 Å². The van der Waals surface area contributed by atoms with E-state index in [0.717, 1.165) is 31.5 Å². The normalized spacial score (nSPS) is 24.6. The molecule has 4 nitrogen and oxygen atoms in total. The largest absolute Gasteiger partial charge is 0.290 e. The molecule has 0 N–H and O–H groups in total. The van der Waals surface area contributed by atoms with Gasteiger partial charge in [0.1, 0.15) is 5.82 Å². The molecule has 2 heterocycles. The van der Waals surface area contributed by atoms with Crippen LogP contribution in [0.5, 0.6) is 0 Å². The zero-order chi connectivity index (χ0) is 14.4. The predicted octanol–water partition coefficient (Wildman–Crippen LogP) is 3.36. The summed E-state index contributed by atoms with van der Waals surface area (Å²) in [6, 6.07) is 10.6. The molecule has 4 rings (SSSR count). The topological polar surface area (TPSA) is 47.8 Å². The van der Waals surface area contributed by atoms with Crippen molar-refractivity contribution in [3.63, 3.8) is 0 Å². The highest BCUT2D eigenvalue weighted by Gasteiger charge is 2.36. The van der Waals surface area contributed by atoms with Crippen LogP contribution in [0.2, 0.25) is 0 Å². The molecule has 0 amide bonds. The Balaban J connectivity index is 1.69. The first-order valence-electron chi connectivity index (χ1n) is 7.79. The van der Waals surface area contributed by atoms with Crippen molar-refractivity contribution in [1.82, 2.24) is 14.8 Å². The molecular formula is C17H19N3O. The maximum Gasteiger partial charge on any atom is 0.217 e. The van der Waals surface area contributed by atoms with E-state index in [2.05, 4.69) is 41.3 Å². The fraction of sp³-hybridized carbons (Fsp3) is 0.471. The number of aromatic nitrogens is 3. The van der Waals surface area contributed by atoms with Crippen molar-refractivity contribution in [3.05, 3.63) is 47.5 Å². The van der Waals surface area contributed by atoms with Gasteiger partial charge in [0.25, 0.3) is 0 Å². The van der Waals surface area contributed by atoms with E-state index in [1.165, 1.54) is 5.56 Å². The molecule has 2 atom stereocenters. The van der Waals surface area contributed by atoms with E-state index in [1.807, 2.05) is 10.7 Å². The van der Waals surface area contributed by atoms with Crippen LogP contribution in [0.25, 0.3) is 0 Å². The maximum absolute atomic E-state index is 12.3. The number of carbonyl (C=O) groups excluding carboxylic acids is 1. The quantitative estimate of drug-likeness (QED) is 0.810. The van der Waals surface area contributed by atoms with E-state index in [-0.39, 0.29) is 17.7 Å². The van der Waals surface area contributed by atoms with Crippen LogP contribution >= 0.6 is 0 Å². The van der Waals surface area contributed by atoms with Crippen LogP contribution in [-0.2, 0) is 0 Å². The number of fused-ring (bicyclic) bond motifs is 1. The summed E-state index contributed by atoms with van der Waals surface area (Å²) in [5, 5.41) is 4.56. The van der Waals surface area contributed by atoms with Crippen molar-refractivity contribution in [2.75, 3.05) is 0 Å². The van der Waals surface area contributed by atoms with Gasteiger partial charge in [0.2, 0.25) is 11.6 Å².